The van der Waals surface area contributed by atoms with Gasteiger partial charge in [-0.15, -0.1) is 11.3 Å². The highest BCUT2D eigenvalue weighted by atomic mass is 32.1. The van der Waals surface area contributed by atoms with Crippen LogP contribution in [0.15, 0.2) is 5.38 Å². The van der Waals surface area contributed by atoms with E-state index >= 15 is 0 Å². The summed E-state index contributed by atoms with van der Waals surface area (Å²) in [4.78, 5) is 17.7. The molecule has 0 saturated carbocycles. The van der Waals surface area contributed by atoms with Gasteiger partial charge in [0.25, 0.3) is 0 Å². The van der Waals surface area contributed by atoms with Crippen LogP contribution in [0.3, 0.4) is 0 Å². The van der Waals surface area contributed by atoms with Crippen LogP contribution >= 0.6 is 11.3 Å². The molecule has 0 aliphatic heterocycles. The number of carbonyl (C=O) groups excluding carboxylic acids is 1. The van der Waals surface area contributed by atoms with Crippen molar-refractivity contribution in [1.82, 2.24) is 9.88 Å². The van der Waals surface area contributed by atoms with Crippen molar-refractivity contribution in [2.45, 2.75) is 12.8 Å². The number of hydrogen-bond donors (Lipinski definition) is 1. The number of hydrogen-bond acceptors (Lipinski definition) is 6. The van der Waals surface area contributed by atoms with Crippen LogP contribution in [0.25, 0.3) is 0 Å². The molecule has 0 aromatic carbocycles. The van der Waals surface area contributed by atoms with Gasteiger partial charge in [0.1, 0.15) is 0 Å². The van der Waals surface area contributed by atoms with Crippen LogP contribution in [0.1, 0.15) is 12.1 Å². The van der Waals surface area contributed by atoms with Crippen LogP contribution in [-0.2, 0) is 16.0 Å². The van der Waals surface area contributed by atoms with Gasteiger partial charge in [0.15, 0.2) is 5.13 Å². The quantitative estimate of drug-likeness (QED) is 0.784. The molecular formula is C11H16N4O2S. The molecule has 6 nitrogen and oxygen atoms in total. The second-order valence-electron chi connectivity index (χ2n) is 3.64. The summed E-state index contributed by atoms with van der Waals surface area (Å²) >= 11 is 1.31. The standard InChI is InChI=1S/C11H16N4O2S/c1-17-6-5-15(4-2-3-12)10(16)7-9-8-18-11(13)14-9/h8H,2,4-7H2,1H3,(H2,13,14). The Hall–Kier alpha value is -1.65. The zero-order valence-electron chi connectivity index (χ0n) is 10.3. The molecular weight excluding hydrogens is 252 g/mol. The lowest BCUT2D eigenvalue weighted by molar-refractivity contribution is -0.131. The number of carbonyl (C=O) groups is 1. The van der Waals surface area contributed by atoms with Gasteiger partial charge in [-0.3, -0.25) is 4.79 Å². The Bertz CT molecular complexity index is 427. The smallest absolute Gasteiger partial charge is 0.228 e. The number of ether oxygens (including phenoxy) is 1. The third kappa shape index (κ3) is 4.69. The number of nitrogens with two attached hydrogens (primary N) is 1. The maximum absolute atomic E-state index is 12.0. The monoisotopic (exact) mass is 268 g/mol. The first-order valence-electron chi connectivity index (χ1n) is 5.51. The molecule has 98 valence electrons. The van der Waals surface area contributed by atoms with Crippen molar-refractivity contribution in [3.8, 4) is 6.07 Å². The fourth-order valence-corrected chi connectivity index (χ4v) is 1.98. The molecule has 0 fully saturated rings. The second-order valence-corrected chi connectivity index (χ2v) is 4.53. The van der Waals surface area contributed by atoms with Crippen LogP contribution in [0, 0.1) is 11.3 Å². The number of anilines is 1. The highest BCUT2D eigenvalue weighted by molar-refractivity contribution is 7.13. The molecule has 0 aliphatic carbocycles. The Labute approximate surface area is 110 Å². The summed E-state index contributed by atoms with van der Waals surface area (Å²) in [5, 5.41) is 10.8. The second kappa shape index (κ2) is 7.63. The van der Waals surface area contributed by atoms with E-state index in [2.05, 4.69) is 4.98 Å². The number of methoxy groups -OCH3 is 1. The number of aromatic nitrogens is 1. The van der Waals surface area contributed by atoms with Crippen molar-refractivity contribution < 1.29 is 9.53 Å². The predicted molar refractivity (Wildman–Crippen MR) is 68.9 cm³/mol. The maximum Gasteiger partial charge on any atom is 0.228 e. The van der Waals surface area contributed by atoms with Crippen molar-refractivity contribution in [3.05, 3.63) is 11.1 Å². The summed E-state index contributed by atoms with van der Waals surface area (Å²) in [5.41, 5.74) is 6.18. The van der Waals surface area contributed by atoms with E-state index in [1.54, 1.807) is 17.4 Å². The van der Waals surface area contributed by atoms with E-state index < -0.39 is 0 Å². The summed E-state index contributed by atoms with van der Waals surface area (Å²) in [6, 6.07) is 2.03. The zero-order chi connectivity index (χ0) is 13.4. The Morgan fingerprint density at radius 2 is 2.44 bits per heavy atom. The lowest BCUT2D eigenvalue weighted by Gasteiger charge is -2.20. The lowest BCUT2D eigenvalue weighted by Crippen LogP contribution is -2.35. The van der Waals surface area contributed by atoms with Crippen molar-refractivity contribution in [2.24, 2.45) is 0 Å². The van der Waals surface area contributed by atoms with E-state index in [-0.39, 0.29) is 12.3 Å². The van der Waals surface area contributed by atoms with Crippen LogP contribution in [0.2, 0.25) is 0 Å². The molecule has 1 amide bonds. The molecule has 1 rings (SSSR count). The average Bonchev–Trinajstić information content (AvgIpc) is 2.75. The SMILES string of the molecule is COCCN(CCC#N)C(=O)Cc1csc(N)n1. The molecule has 1 heterocycles. The number of nitriles is 1. The van der Waals surface area contributed by atoms with E-state index in [9.17, 15) is 4.79 Å². The fraction of sp³-hybridized carbons (Fsp3) is 0.545. The predicted octanol–water partition coefficient (Wildman–Crippen LogP) is 0.656. The van der Waals surface area contributed by atoms with Crippen molar-refractivity contribution in [1.29, 1.82) is 5.26 Å². The molecule has 1 aromatic heterocycles. The number of nitrogens with zero attached hydrogens (tertiary/aromatic N) is 3. The minimum atomic E-state index is -0.0624. The van der Waals surface area contributed by atoms with E-state index in [1.165, 1.54) is 11.3 Å². The van der Waals surface area contributed by atoms with E-state index in [0.29, 0.717) is 36.9 Å². The largest absolute Gasteiger partial charge is 0.383 e. The van der Waals surface area contributed by atoms with Gasteiger partial charge < -0.3 is 15.4 Å². The summed E-state index contributed by atoms with van der Waals surface area (Å²) in [5.74, 6) is -0.0624. The normalized spacial score (nSPS) is 10.0. The first kappa shape index (κ1) is 14.4. The first-order valence-corrected chi connectivity index (χ1v) is 6.39. The van der Waals surface area contributed by atoms with Gasteiger partial charge in [0.05, 0.1) is 31.2 Å². The first-order chi connectivity index (χ1) is 8.67. The molecule has 0 unspecified atom stereocenters. The Kier molecular flexibility index (Phi) is 6.11. The average molecular weight is 268 g/mol. The van der Waals surface area contributed by atoms with Gasteiger partial charge in [0.2, 0.25) is 5.91 Å². The minimum Gasteiger partial charge on any atom is -0.383 e. The Morgan fingerprint density at radius 1 is 1.67 bits per heavy atom. The molecule has 0 saturated heterocycles. The van der Waals surface area contributed by atoms with Crippen LogP contribution < -0.4 is 5.73 Å². The molecule has 0 radical (unpaired) electrons. The maximum atomic E-state index is 12.0. The fourth-order valence-electron chi connectivity index (χ4n) is 1.42. The lowest BCUT2D eigenvalue weighted by atomic mass is 10.3. The number of nitrogen functional groups attached to an aromatic ring is 1. The Morgan fingerprint density at radius 3 is 3.00 bits per heavy atom. The number of amides is 1. The zero-order valence-corrected chi connectivity index (χ0v) is 11.1. The summed E-state index contributed by atoms with van der Waals surface area (Å²) in [6.45, 7) is 1.35. The van der Waals surface area contributed by atoms with Crippen LogP contribution in [-0.4, -0.2) is 42.6 Å². The molecule has 0 spiro atoms. The van der Waals surface area contributed by atoms with E-state index in [4.69, 9.17) is 15.7 Å². The number of rotatable bonds is 7. The van der Waals surface area contributed by atoms with Crippen molar-refractivity contribution >= 4 is 22.4 Å². The van der Waals surface area contributed by atoms with Crippen LogP contribution in [0.5, 0.6) is 0 Å². The minimum absolute atomic E-state index is 0.0624. The number of thiazole rings is 1. The van der Waals surface area contributed by atoms with Crippen molar-refractivity contribution in [2.75, 3.05) is 32.5 Å². The van der Waals surface area contributed by atoms with E-state index in [0.717, 1.165) is 0 Å². The molecule has 0 bridgehead atoms. The van der Waals surface area contributed by atoms with E-state index in [1.807, 2.05) is 6.07 Å². The molecule has 2 N–H and O–H groups in total. The summed E-state index contributed by atoms with van der Waals surface area (Å²) < 4.78 is 4.95. The molecule has 18 heavy (non-hydrogen) atoms. The highest BCUT2D eigenvalue weighted by Crippen LogP contribution is 2.12. The van der Waals surface area contributed by atoms with Gasteiger partial charge in [0, 0.05) is 25.6 Å². The third-order valence-electron chi connectivity index (χ3n) is 2.31. The topological polar surface area (TPSA) is 92.2 Å². The van der Waals surface area contributed by atoms with Gasteiger partial charge in [-0.05, 0) is 0 Å². The Balaban J connectivity index is 2.55. The molecule has 0 aliphatic rings. The highest BCUT2D eigenvalue weighted by Gasteiger charge is 2.14. The summed E-state index contributed by atoms with van der Waals surface area (Å²) in [6.07, 6.45) is 0.525. The van der Waals surface area contributed by atoms with Gasteiger partial charge >= 0.3 is 0 Å². The summed E-state index contributed by atoms with van der Waals surface area (Å²) in [7, 11) is 1.58. The van der Waals surface area contributed by atoms with Crippen molar-refractivity contribution in [3.63, 3.8) is 0 Å². The van der Waals surface area contributed by atoms with Gasteiger partial charge in [-0.2, -0.15) is 5.26 Å². The van der Waals surface area contributed by atoms with Gasteiger partial charge in [-0.25, -0.2) is 4.98 Å². The molecule has 7 heteroatoms. The molecule has 1 aromatic rings. The van der Waals surface area contributed by atoms with Gasteiger partial charge in [-0.1, -0.05) is 0 Å². The third-order valence-corrected chi connectivity index (χ3v) is 3.04. The van der Waals surface area contributed by atoms with Crippen LogP contribution in [0.4, 0.5) is 5.13 Å². The molecule has 0 atom stereocenters.